The van der Waals surface area contributed by atoms with Crippen molar-refractivity contribution in [3.8, 4) is 0 Å². The number of carbonyl (C=O) groups excluding carboxylic acids is 1. The molecule has 0 radical (unpaired) electrons. The molecule has 1 aromatic rings. The molecule has 0 saturated carbocycles. The molecule has 0 bridgehead atoms. The maximum absolute atomic E-state index is 11.3. The summed E-state index contributed by atoms with van der Waals surface area (Å²) in [6.07, 6.45) is 4.24. The zero-order chi connectivity index (χ0) is 10.4. The van der Waals surface area contributed by atoms with Crippen LogP contribution in [0.5, 0.6) is 0 Å². The van der Waals surface area contributed by atoms with Gasteiger partial charge in [0.15, 0.2) is 0 Å². The summed E-state index contributed by atoms with van der Waals surface area (Å²) in [6.45, 7) is 3.99. The third-order valence-electron chi connectivity index (χ3n) is 1.95. The van der Waals surface area contributed by atoms with E-state index in [4.69, 9.17) is 0 Å². The first-order chi connectivity index (χ1) is 6.72. The third-order valence-corrected chi connectivity index (χ3v) is 1.95. The summed E-state index contributed by atoms with van der Waals surface area (Å²) in [7, 11) is 0. The summed E-state index contributed by atoms with van der Waals surface area (Å²) >= 11 is 0. The minimum absolute atomic E-state index is 0.0671. The fourth-order valence-corrected chi connectivity index (χ4v) is 1.10. The first-order valence-corrected chi connectivity index (χ1v) is 4.95. The third kappa shape index (κ3) is 3.56. The molecule has 76 valence electrons. The Labute approximate surface area is 84.6 Å². The molecule has 1 heterocycles. The molecule has 1 N–H and O–H groups in total. The van der Waals surface area contributed by atoms with Gasteiger partial charge in [0, 0.05) is 12.1 Å². The van der Waals surface area contributed by atoms with Crippen LogP contribution in [-0.2, 0) is 4.79 Å². The second-order valence-corrected chi connectivity index (χ2v) is 3.34. The first-order valence-electron chi connectivity index (χ1n) is 4.95. The molecule has 0 aliphatic carbocycles. The minimum Gasteiger partial charge on any atom is -0.325 e. The van der Waals surface area contributed by atoms with Crippen LogP contribution in [0, 0.1) is 6.92 Å². The number of rotatable bonds is 4. The van der Waals surface area contributed by atoms with Crippen LogP contribution in [0.4, 0.5) is 5.69 Å². The van der Waals surface area contributed by atoms with Gasteiger partial charge in [0.2, 0.25) is 5.91 Å². The van der Waals surface area contributed by atoms with Gasteiger partial charge in [-0.1, -0.05) is 13.3 Å². The molecule has 0 aliphatic heterocycles. The second-order valence-electron chi connectivity index (χ2n) is 3.34. The number of nitrogens with zero attached hydrogens (tertiary/aromatic N) is 1. The molecular weight excluding hydrogens is 176 g/mol. The number of anilines is 1. The molecule has 0 saturated heterocycles. The molecule has 0 spiro atoms. The van der Waals surface area contributed by atoms with Crippen molar-refractivity contribution in [2.24, 2.45) is 0 Å². The minimum atomic E-state index is 0.0671. The van der Waals surface area contributed by atoms with Crippen LogP contribution in [0.15, 0.2) is 18.3 Å². The largest absolute Gasteiger partial charge is 0.325 e. The van der Waals surface area contributed by atoms with Crippen molar-refractivity contribution < 1.29 is 4.79 Å². The van der Waals surface area contributed by atoms with Crippen molar-refractivity contribution in [3.63, 3.8) is 0 Å². The van der Waals surface area contributed by atoms with E-state index in [0.717, 1.165) is 24.2 Å². The molecule has 14 heavy (non-hydrogen) atoms. The Kier molecular flexibility index (Phi) is 4.11. The van der Waals surface area contributed by atoms with Crippen LogP contribution in [-0.4, -0.2) is 10.9 Å². The number of aryl methyl sites for hydroxylation is 1. The zero-order valence-corrected chi connectivity index (χ0v) is 8.71. The maximum atomic E-state index is 11.3. The van der Waals surface area contributed by atoms with Crippen molar-refractivity contribution in [2.75, 3.05) is 5.32 Å². The van der Waals surface area contributed by atoms with Gasteiger partial charge in [-0.15, -0.1) is 0 Å². The quantitative estimate of drug-likeness (QED) is 0.796. The number of pyridine rings is 1. The zero-order valence-electron chi connectivity index (χ0n) is 8.71. The molecule has 0 unspecified atom stereocenters. The van der Waals surface area contributed by atoms with E-state index >= 15 is 0 Å². The predicted molar refractivity (Wildman–Crippen MR) is 57.1 cm³/mol. The van der Waals surface area contributed by atoms with E-state index in [2.05, 4.69) is 17.2 Å². The van der Waals surface area contributed by atoms with Crippen LogP contribution >= 0.6 is 0 Å². The van der Waals surface area contributed by atoms with Gasteiger partial charge in [0.25, 0.3) is 0 Å². The van der Waals surface area contributed by atoms with Gasteiger partial charge >= 0.3 is 0 Å². The lowest BCUT2D eigenvalue weighted by molar-refractivity contribution is -0.116. The number of hydrogen-bond acceptors (Lipinski definition) is 2. The average Bonchev–Trinajstić information content (AvgIpc) is 2.18. The average molecular weight is 192 g/mol. The SMILES string of the molecule is CCCCC(=O)Nc1ccc(C)nc1. The van der Waals surface area contributed by atoms with Gasteiger partial charge in [-0.3, -0.25) is 9.78 Å². The standard InChI is InChI=1S/C11H16N2O/c1-3-4-5-11(14)13-10-7-6-9(2)12-8-10/h6-8H,3-5H2,1-2H3,(H,13,14). The molecule has 0 aromatic carbocycles. The van der Waals surface area contributed by atoms with Crippen molar-refractivity contribution in [3.05, 3.63) is 24.0 Å². The predicted octanol–water partition coefficient (Wildman–Crippen LogP) is 2.52. The van der Waals surface area contributed by atoms with E-state index in [1.807, 2.05) is 19.1 Å². The normalized spacial score (nSPS) is 9.86. The molecular formula is C11H16N2O. The van der Waals surface area contributed by atoms with Crippen LogP contribution in [0.1, 0.15) is 31.9 Å². The summed E-state index contributed by atoms with van der Waals surface area (Å²) in [5, 5.41) is 2.80. The number of hydrogen-bond donors (Lipinski definition) is 1. The topological polar surface area (TPSA) is 42.0 Å². The smallest absolute Gasteiger partial charge is 0.224 e. The lowest BCUT2D eigenvalue weighted by atomic mass is 10.2. The van der Waals surface area contributed by atoms with Gasteiger partial charge in [-0.2, -0.15) is 0 Å². The van der Waals surface area contributed by atoms with Crippen molar-refractivity contribution in [2.45, 2.75) is 33.1 Å². The molecule has 1 amide bonds. The van der Waals surface area contributed by atoms with E-state index in [0.29, 0.717) is 6.42 Å². The summed E-state index contributed by atoms with van der Waals surface area (Å²) in [5.74, 6) is 0.0671. The maximum Gasteiger partial charge on any atom is 0.224 e. The Bertz CT molecular complexity index is 293. The van der Waals surface area contributed by atoms with E-state index in [1.165, 1.54) is 0 Å². The number of unbranched alkanes of at least 4 members (excludes halogenated alkanes) is 1. The van der Waals surface area contributed by atoms with Crippen LogP contribution in [0.3, 0.4) is 0 Å². The highest BCUT2D eigenvalue weighted by Crippen LogP contribution is 2.06. The van der Waals surface area contributed by atoms with E-state index in [1.54, 1.807) is 6.20 Å². The highest BCUT2D eigenvalue weighted by atomic mass is 16.1. The van der Waals surface area contributed by atoms with Crippen molar-refractivity contribution in [1.29, 1.82) is 0 Å². The first kappa shape index (κ1) is 10.7. The molecule has 0 aliphatic rings. The number of carbonyl (C=O) groups is 1. The number of aromatic nitrogens is 1. The highest BCUT2D eigenvalue weighted by Gasteiger charge is 2.00. The van der Waals surface area contributed by atoms with Crippen LogP contribution in [0.25, 0.3) is 0 Å². The molecule has 1 rings (SSSR count). The Morgan fingerprint density at radius 3 is 2.86 bits per heavy atom. The Hall–Kier alpha value is -1.38. The summed E-state index contributed by atoms with van der Waals surface area (Å²) in [4.78, 5) is 15.4. The van der Waals surface area contributed by atoms with Crippen molar-refractivity contribution >= 4 is 11.6 Å². The molecule has 1 aromatic heterocycles. The van der Waals surface area contributed by atoms with E-state index < -0.39 is 0 Å². The van der Waals surface area contributed by atoms with E-state index in [-0.39, 0.29) is 5.91 Å². The van der Waals surface area contributed by atoms with Gasteiger partial charge in [-0.05, 0) is 25.5 Å². The highest BCUT2D eigenvalue weighted by molar-refractivity contribution is 5.90. The van der Waals surface area contributed by atoms with E-state index in [9.17, 15) is 4.79 Å². The molecule has 0 atom stereocenters. The summed E-state index contributed by atoms with van der Waals surface area (Å²) in [6, 6.07) is 3.75. The molecule has 3 nitrogen and oxygen atoms in total. The number of nitrogens with one attached hydrogen (secondary N) is 1. The lowest BCUT2D eigenvalue weighted by Crippen LogP contribution is -2.11. The summed E-state index contributed by atoms with van der Waals surface area (Å²) in [5.41, 5.74) is 1.73. The number of amides is 1. The molecule has 3 heteroatoms. The van der Waals surface area contributed by atoms with Crippen molar-refractivity contribution in [1.82, 2.24) is 4.98 Å². The lowest BCUT2D eigenvalue weighted by Gasteiger charge is -2.03. The fourth-order valence-electron chi connectivity index (χ4n) is 1.10. The Balaban J connectivity index is 2.44. The molecule has 0 fully saturated rings. The van der Waals surface area contributed by atoms with Crippen LogP contribution < -0.4 is 5.32 Å². The Morgan fingerprint density at radius 2 is 2.29 bits per heavy atom. The van der Waals surface area contributed by atoms with Crippen LogP contribution in [0.2, 0.25) is 0 Å². The monoisotopic (exact) mass is 192 g/mol. The summed E-state index contributed by atoms with van der Waals surface area (Å²) < 4.78 is 0. The second kappa shape index (κ2) is 5.37. The van der Waals surface area contributed by atoms with Gasteiger partial charge in [0.1, 0.15) is 0 Å². The van der Waals surface area contributed by atoms with Gasteiger partial charge < -0.3 is 5.32 Å². The van der Waals surface area contributed by atoms with Gasteiger partial charge in [0.05, 0.1) is 11.9 Å². The fraction of sp³-hybridized carbons (Fsp3) is 0.455. The Morgan fingerprint density at radius 1 is 1.50 bits per heavy atom. The van der Waals surface area contributed by atoms with Gasteiger partial charge in [-0.25, -0.2) is 0 Å².